The summed E-state index contributed by atoms with van der Waals surface area (Å²) < 4.78 is 0. The molecule has 14 heavy (non-hydrogen) atoms. The first-order valence-electron chi connectivity index (χ1n) is 6.30. The predicted molar refractivity (Wildman–Crippen MR) is 63.5 cm³/mol. The first-order chi connectivity index (χ1) is 6.88. The number of unbranched alkanes of at least 4 members (excludes halogenated alkanes) is 2. The molecule has 0 saturated carbocycles. The van der Waals surface area contributed by atoms with Gasteiger partial charge >= 0.3 is 0 Å². The molecule has 1 aliphatic carbocycles. The van der Waals surface area contributed by atoms with Crippen LogP contribution in [0.4, 0.5) is 0 Å². The first kappa shape index (κ1) is 11.8. The van der Waals surface area contributed by atoms with Gasteiger partial charge in [0.25, 0.3) is 0 Å². The molecule has 0 aromatic rings. The van der Waals surface area contributed by atoms with Crippen molar-refractivity contribution in [3.63, 3.8) is 0 Å². The van der Waals surface area contributed by atoms with E-state index in [4.69, 9.17) is 0 Å². The lowest BCUT2D eigenvalue weighted by Gasteiger charge is -2.19. The zero-order chi connectivity index (χ0) is 10.2. The first-order valence-corrected chi connectivity index (χ1v) is 6.30. The third-order valence-electron chi connectivity index (χ3n) is 3.07. The maximum absolute atomic E-state index is 3.62. The Hall–Kier alpha value is -0.300. The van der Waals surface area contributed by atoms with E-state index in [9.17, 15) is 0 Å². The highest BCUT2D eigenvalue weighted by Crippen LogP contribution is 2.23. The molecule has 1 aliphatic rings. The molecule has 1 heteroatoms. The molecule has 0 aromatic heterocycles. The van der Waals surface area contributed by atoms with Crippen molar-refractivity contribution >= 4 is 0 Å². The van der Waals surface area contributed by atoms with Crippen LogP contribution in [0.5, 0.6) is 0 Å². The molecule has 1 rings (SSSR count). The summed E-state index contributed by atoms with van der Waals surface area (Å²) in [6.45, 7) is 5.59. The van der Waals surface area contributed by atoms with Gasteiger partial charge in [0.05, 0.1) is 0 Å². The molecule has 1 unspecified atom stereocenters. The molecule has 0 spiro atoms. The quantitative estimate of drug-likeness (QED) is 0.483. The molecule has 0 amide bonds. The smallest absolute Gasteiger partial charge is 0.0279 e. The summed E-state index contributed by atoms with van der Waals surface area (Å²) in [5.41, 5.74) is 1.68. The molecular formula is C13H25N. The second kappa shape index (κ2) is 7.05. The second-order valence-electron chi connectivity index (χ2n) is 4.28. The van der Waals surface area contributed by atoms with Crippen molar-refractivity contribution in [1.82, 2.24) is 5.32 Å². The van der Waals surface area contributed by atoms with Gasteiger partial charge in [-0.1, -0.05) is 44.8 Å². The highest BCUT2D eigenvalue weighted by molar-refractivity contribution is 5.14. The molecule has 1 atom stereocenters. The summed E-state index contributed by atoms with van der Waals surface area (Å²) in [5.74, 6) is 0. The molecule has 0 saturated heterocycles. The third kappa shape index (κ3) is 3.83. The normalized spacial score (nSPS) is 18.3. The Morgan fingerprint density at radius 2 is 2.21 bits per heavy atom. The SMILES string of the molecule is CCCCCC(NCC)C1=CCCC1. The minimum Gasteiger partial charge on any atom is -0.311 e. The Labute approximate surface area is 89.0 Å². The summed E-state index contributed by atoms with van der Waals surface area (Å²) in [6, 6.07) is 0.689. The van der Waals surface area contributed by atoms with E-state index in [2.05, 4.69) is 25.2 Å². The number of hydrogen-bond acceptors (Lipinski definition) is 1. The van der Waals surface area contributed by atoms with Crippen LogP contribution in [0.15, 0.2) is 11.6 Å². The van der Waals surface area contributed by atoms with Gasteiger partial charge in [0.1, 0.15) is 0 Å². The predicted octanol–water partition coefficient (Wildman–Crippen LogP) is 3.66. The fourth-order valence-electron chi connectivity index (χ4n) is 2.28. The van der Waals surface area contributed by atoms with Crippen LogP contribution in [0.3, 0.4) is 0 Å². The third-order valence-corrected chi connectivity index (χ3v) is 3.07. The van der Waals surface area contributed by atoms with Crippen molar-refractivity contribution in [3.05, 3.63) is 11.6 Å². The number of allylic oxidation sites excluding steroid dienone is 1. The van der Waals surface area contributed by atoms with Gasteiger partial charge in [0.15, 0.2) is 0 Å². The lowest BCUT2D eigenvalue weighted by Crippen LogP contribution is -2.30. The molecule has 0 aromatic carbocycles. The van der Waals surface area contributed by atoms with Crippen LogP contribution in [-0.2, 0) is 0 Å². The summed E-state index contributed by atoms with van der Waals surface area (Å²) in [5, 5.41) is 3.62. The molecule has 0 aliphatic heterocycles. The van der Waals surface area contributed by atoms with E-state index >= 15 is 0 Å². The summed E-state index contributed by atoms with van der Waals surface area (Å²) in [7, 11) is 0. The fourth-order valence-corrected chi connectivity index (χ4v) is 2.28. The molecule has 0 heterocycles. The van der Waals surface area contributed by atoms with Crippen LogP contribution in [-0.4, -0.2) is 12.6 Å². The highest BCUT2D eigenvalue weighted by atomic mass is 14.9. The maximum Gasteiger partial charge on any atom is 0.0279 e. The summed E-state index contributed by atoms with van der Waals surface area (Å²) in [6.07, 6.45) is 11.9. The van der Waals surface area contributed by atoms with E-state index in [0.717, 1.165) is 6.54 Å². The van der Waals surface area contributed by atoms with Crippen LogP contribution < -0.4 is 5.32 Å². The van der Waals surface area contributed by atoms with Gasteiger partial charge in [-0.05, 0) is 32.2 Å². The average molecular weight is 195 g/mol. The van der Waals surface area contributed by atoms with Crippen molar-refractivity contribution in [2.45, 2.75) is 64.8 Å². The Morgan fingerprint density at radius 3 is 2.79 bits per heavy atom. The van der Waals surface area contributed by atoms with E-state index in [1.807, 2.05) is 0 Å². The largest absolute Gasteiger partial charge is 0.311 e. The molecule has 0 bridgehead atoms. The molecular weight excluding hydrogens is 170 g/mol. The maximum atomic E-state index is 3.62. The molecule has 1 nitrogen and oxygen atoms in total. The summed E-state index contributed by atoms with van der Waals surface area (Å²) >= 11 is 0. The number of likely N-dealkylation sites (N-methyl/N-ethyl adjacent to an activating group) is 1. The Morgan fingerprint density at radius 1 is 1.36 bits per heavy atom. The lowest BCUT2D eigenvalue weighted by molar-refractivity contribution is 0.510. The van der Waals surface area contributed by atoms with Gasteiger partial charge in [-0.3, -0.25) is 0 Å². The van der Waals surface area contributed by atoms with E-state index in [1.54, 1.807) is 5.57 Å². The van der Waals surface area contributed by atoms with E-state index in [1.165, 1.54) is 44.9 Å². The van der Waals surface area contributed by atoms with E-state index < -0.39 is 0 Å². The topological polar surface area (TPSA) is 12.0 Å². The Balaban J connectivity index is 2.30. The van der Waals surface area contributed by atoms with Gasteiger partial charge in [-0.25, -0.2) is 0 Å². The van der Waals surface area contributed by atoms with Gasteiger partial charge in [-0.15, -0.1) is 0 Å². The highest BCUT2D eigenvalue weighted by Gasteiger charge is 2.15. The minimum atomic E-state index is 0.689. The van der Waals surface area contributed by atoms with Crippen LogP contribution in [0, 0.1) is 0 Å². The minimum absolute atomic E-state index is 0.689. The van der Waals surface area contributed by atoms with Crippen molar-refractivity contribution in [2.75, 3.05) is 6.54 Å². The molecule has 0 fully saturated rings. The van der Waals surface area contributed by atoms with Gasteiger partial charge in [0.2, 0.25) is 0 Å². The van der Waals surface area contributed by atoms with Crippen molar-refractivity contribution in [3.8, 4) is 0 Å². The molecule has 82 valence electrons. The average Bonchev–Trinajstić information content (AvgIpc) is 2.70. The number of rotatable bonds is 7. The van der Waals surface area contributed by atoms with Gasteiger partial charge in [0, 0.05) is 6.04 Å². The number of nitrogens with one attached hydrogen (secondary N) is 1. The zero-order valence-electron chi connectivity index (χ0n) is 9.81. The summed E-state index contributed by atoms with van der Waals surface area (Å²) in [4.78, 5) is 0. The van der Waals surface area contributed by atoms with Crippen LogP contribution >= 0.6 is 0 Å². The van der Waals surface area contributed by atoms with Gasteiger partial charge < -0.3 is 5.32 Å². The fraction of sp³-hybridized carbons (Fsp3) is 0.846. The van der Waals surface area contributed by atoms with Gasteiger partial charge in [-0.2, -0.15) is 0 Å². The van der Waals surface area contributed by atoms with E-state index in [-0.39, 0.29) is 0 Å². The molecule has 1 N–H and O–H groups in total. The Bertz CT molecular complexity index is 172. The zero-order valence-corrected chi connectivity index (χ0v) is 9.81. The Kier molecular flexibility index (Phi) is 5.93. The monoisotopic (exact) mass is 195 g/mol. The second-order valence-corrected chi connectivity index (χ2v) is 4.28. The number of hydrogen-bond donors (Lipinski definition) is 1. The lowest BCUT2D eigenvalue weighted by atomic mass is 10.00. The van der Waals surface area contributed by atoms with Crippen molar-refractivity contribution in [1.29, 1.82) is 0 Å². The van der Waals surface area contributed by atoms with Crippen LogP contribution in [0.25, 0.3) is 0 Å². The standard InChI is InChI=1S/C13H25N/c1-3-5-6-11-13(14-4-2)12-9-7-8-10-12/h9,13-14H,3-8,10-11H2,1-2H3. The van der Waals surface area contributed by atoms with Crippen molar-refractivity contribution < 1.29 is 0 Å². The molecule has 0 radical (unpaired) electrons. The van der Waals surface area contributed by atoms with Crippen LogP contribution in [0.1, 0.15) is 58.8 Å². The van der Waals surface area contributed by atoms with Crippen LogP contribution in [0.2, 0.25) is 0 Å². The van der Waals surface area contributed by atoms with Crippen molar-refractivity contribution in [2.24, 2.45) is 0 Å². The van der Waals surface area contributed by atoms with E-state index in [0.29, 0.717) is 6.04 Å².